The summed E-state index contributed by atoms with van der Waals surface area (Å²) in [6, 6.07) is 3.63. The van der Waals surface area contributed by atoms with Crippen LogP contribution in [0, 0.1) is 5.92 Å². The van der Waals surface area contributed by atoms with Gasteiger partial charge in [-0.2, -0.15) is 13.2 Å². The molecular weight excluding hydrogens is 333 g/mol. The fraction of sp³-hybridized carbons (Fsp3) is 0.611. The van der Waals surface area contributed by atoms with Crippen molar-refractivity contribution in [2.75, 3.05) is 36.5 Å². The monoisotopic (exact) mass is 356 g/mol. The molecule has 0 aromatic heterocycles. The largest absolute Gasteiger partial charge is 0.416 e. The molecule has 0 saturated carbocycles. The average Bonchev–Trinajstić information content (AvgIpc) is 2.62. The molecule has 1 N–H and O–H groups in total. The van der Waals surface area contributed by atoms with Crippen LogP contribution < -0.4 is 10.2 Å². The minimum atomic E-state index is -4.43. The number of piperidine rings is 1. The van der Waals surface area contributed by atoms with E-state index >= 15 is 0 Å². The lowest BCUT2D eigenvalue weighted by molar-refractivity contribution is -0.137. The third-order valence-electron chi connectivity index (χ3n) is 4.87. The van der Waals surface area contributed by atoms with E-state index < -0.39 is 11.7 Å². The molecule has 4 nitrogen and oxygen atoms in total. The lowest BCUT2D eigenvalue weighted by Crippen LogP contribution is -2.32. The Labute approximate surface area is 145 Å². The zero-order valence-electron chi connectivity index (χ0n) is 14.1. The van der Waals surface area contributed by atoms with Crippen molar-refractivity contribution < 1.29 is 22.7 Å². The number of hydrogen-bond acceptors (Lipinski definition) is 3. The van der Waals surface area contributed by atoms with Crippen LogP contribution in [-0.4, -0.2) is 32.2 Å². The fourth-order valence-corrected chi connectivity index (χ4v) is 3.42. The van der Waals surface area contributed by atoms with Gasteiger partial charge in [-0.3, -0.25) is 4.79 Å². The SMILES string of the molecule is O=C(Nc1cc(C(F)(F)F)ccc1N1CCCCC1)C1CCOCC1. The van der Waals surface area contributed by atoms with Crippen LogP contribution in [-0.2, 0) is 15.7 Å². The molecule has 7 heteroatoms. The van der Waals surface area contributed by atoms with Crippen molar-refractivity contribution in [2.45, 2.75) is 38.3 Å². The van der Waals surface area contributed by atoms with E-state index in [1.54, 1.807) is 0 Å². The van der Waals surface area contributed by atoms with Crippen molar-refractivity contribution in [1.29, 1.82) is 0 Å². The van der Waals surface area contributed by atoms with Crippen molar-refractivity contribution >= 4 is 17.3 Å². The molecule has 25 heavy (non-hydrogen) atoms. The molecule has 0 spiro atoms. The van der Waals surface area contributed by atoms with Gasteiger partial charge in [-0.15, -0.1) is 0 Å². The van der Waals surface area contributed by atoms with Gasteiger partial charge in [0.25, 0.3) is 0 Å². The first-order chi connectivity index (χ1) is 11.9. The Bertz CT molecular complexity index is 607. The second-order valence-electron chi connectivity index (χ2n) is 6.65. The molecule has 0 aliphatic carbocycles. The number of nitrogens with one attached hydrogen (secondary N) is 1. The number of benzene rings is 1. The first kappa shape index (κ1) is 18.0. The number of carbonyl (C=O) groups excluding carboxylic acids is 1. The number of ether oxygens (including phenoxy) is 1. The Morgan fingerprint density at radius 1 is 1.12 bits per heavy atom. The van der Waals surface area contributed by atoms with Gasteiger partial charge in [0.2, 0.25) is 5.91 Å². The average molecular weight is 356 g/mol. The van der Waals surface area contributed by atoms with E-state index in [0.29, 0.717) is 31.7 Å². The van der Waals surface area contributed by atoms with E-state index in [-0.39, 0.29) is 17.5 Å². The summed E-state index contributed by atoms with van der Waals surface area (Å²) < 4.78 is 44.5. The van der Waals surface area contributed by atoms with Gasteiger partial charge in [0.1, 0.15) is 0 Å². The van der Waals surface area contributed by atoms with E-state index in [1.807, 2.05) is 0 Å². The second-order valence-corrected chi connectivity index (χ2v) is 6.65. The Hall–Kier alpha value is -1.76. The number of rotatable bonds is 3. The highest BCUT2D eigenvalue weighted by atomic mass is 19.4. The summed E-state index contributed by atoms with van der Waals surface area (Å²) in [6.45, 7) is 2.62. The maximum Gasteiger partial charge on any atom is 0.416 e. The van der Waals surface area contributed by atoms with Crippen LogP contribution in [0.15, 0.2) is 18.2 Å². The first-order valence-corrected chi connectivity index (χ1v) is 8.80. The minimum absolute atomic E-state index is 0.211. The summed E-state index contributed by atoms with van der Waals surface area (Å²) >= 11 is 0. The number of nitrogens with zero attached hydrogens (tertiary/aromatic N) is 1. The molecule has 1 aromatic rings. The third-order valence-corrected chi connectivity index (χ3v) is 4.87. The summed E-state index contributed by atoms with van der Waals surface area (Å²) in [4.78, 5) is 14.6. The minimum Gasteiger partial charge on any atom is -0.381 e. The van der Waals surface area contributed by atoms with Crippen LogP contribution in [0.4, 0.5) is 24.5 Å². The van der Waals surface area contributed by atoms with Gasteiger partial charge in [0.05, 0.1) is 16.9 Å². The summed E-state index contributed by atoms with van der Waals surface area (Å²) in [6.07, 6.45) is -0.0874. The zero-order chi connectivity index (χ0) is 17.9. The standard InChI is InChI=1S/C18H23F3N2O2/c19-18(20,21)14-4-5-16(23-8-2-1-3-9-23)15(12-14)22-17(24)13-6-10-25-11-7-13/h4-5,12-13H,1-3,6-11H2,(H,22,24). The molecule has 2 saturated heterocycles. The van der Waals surface area contributed by atoms with Crippen LogP contribution in [0.3, 0.4) is 0 Å². The van der Waals surface area contributed by atoms with Crippen LogP contribution in [0.2, 0.25) is 0 Å². The highest BCUT2D eigenvalue weighted by Gasteiger charge is 2.32. The van der Waals surface area contributed by atoms with E-state index in [0.717, 1.165) is 44.5 Å². The van der Waals surface area contributed by atoms with Crippen LogP contribution in [0.1, 0.15) is 37.7 Å². The molecule has 2 aliphatic heterocycles. The van der Waals surface area contributed by atoms with E-state index in [9.17, 15) is 18.0 Å². The van der Waals surface area contributed by atoms with Gasteiger partial charge in [-0.1, -0.05) is 0 Å². The Morgan fingerprint density at radius 3 is 2.44 bits per heavy atom. The predicted octanol–water partition coefficient (Wildman–Crippen LogP) is 4.06. The highest BCUT2D eigenvalue weighted by molar-refractivity contribution is 5.96. The quantitative estimate of drug-likeness (QED) is 0.888. The Kier molecular flexibility index (Phi) is 5.51. The maximum absolute atomic E-state index is 13.1. The van der Waals surface area contributed by atoms with Gasteiger partial charge < -0.3 is 15.0 Å². The molecule has 0 radical (unpaired) electrons. The molecular formula is C18H23F3N2O2. The molecule has 2 heterocycles. The molecule has 2 aliphatic rings. The van der Waals surface area contributed by atoms with Crippen LogP contribution >= 0.6 is 0 Å². The van der Waals surface area contributed by atoms with Gasteiger partial charge in [0, 0.05) is 32.2 Å². The number of anilines is 2. The molecule has 1 aromatic carbocycles. The smallest absolute Gasteiger partial charge is 0.381 e. The molecule has 2 fully saturated rings. The molecule has 1 amide bonds. The molecule has 138 valence electrons. The third kappa shape index (κ3) is 4.45. The number of alkyl halides is 3. The number of hydrogen-bond donors (Lipinski definition) is 1. The van der Waals surface area contributed by atoms with Gasteiger partial charge >= 0.3 is 6.18 Å². The van der Waals surface area contributed by atoms with Gasteiger partial charge in [0.15, 0.2) is 0 Å². The lowest BCUT2D eigenvalue weighted by Gasteiger charge is -2.31. The lowest BCUT2D eigenvalue weighted by atomic mass is 9.99. The number of halogens is 3. The summed E-state index contributed by atoms with van der Waals surface area (Å²) in [5.74, 6) is -0.432. The summed E-state index contributed by atoms with van der Waals surface area (Å²) in [7, 11) is 0. The van der Waals surface area contributed by atoms with Crippen molar-refractivity contribution in [3.63, 3.8) is 0 Å². The van der Waals surface area contributed by atoms with Crippen molar-refractivity contribution in [2.24, 2.45) is 5.92 Å². The topological polar surface area (TPSA) is 41.6 Å². The van der Waals surface area contributed by atoms with E-state index in [1.165, 1.54) is 6.07 Å². The molecule has 0 bridgehead atoms. The first-order valence-electron chi connectivity index (χ1n) is 8.80. The molecule has 0 atom stereocenters. The highest BCUT2D eigenvalue weighted by Crippen LogP contribution is 2.36. The van der Waals surface area contributed by atoms with Crippen LogP contribution in [0.25, 0.3) is 0 Å². The van der Waals surface area contributed by atoms with Gasteiger partial charge in [-0.05, 0) is 50.3 Å². The number of amides is 1. The Balaban J connectivity index is 1.85. The summed E-state index contributed by atoms with van der Waals surface area (Å²) in [5.41, 5.74) is 0.192. The normalized spacial score (nSPS) is 19.7. The van der Waals surface area contributed by atoms with E-state index in [4.69, 9.17) is 4.74 Å². The van der Waals surface area contributed by atoms with Crippen LogP contribution in [0.5, 0.6) is 0 Å². The van der Waals surface area contributed by atoms with Crippen molar-refractivity contribution in [3.8, 4) is 0 Å². The Morgan fingerprint density at radius 2 is 1.80 bits per heavy atom. The van der Waals surface area contributed by atoms with Crippen molar-refractivity contribution in [3.05, 3.63) is 23.8 Å². The van der Waals surface area contributed by atoms with E-state index in [2.05, 4.69) is 10.2 Å². The summed E-state index contributed by atoms with van der Waals surface area (Å²) in [5, 5.41) is 2.75. The van der Waals surface area contributed by atoms with Gasteiger partial charge in [-0.25, -0.2) is 0 Å². The van der Waals surface area contributed by atoms with Crippen molar-refractivity contribution in [1.82, 2.24) is 0 Å². The number of carbonyl (C=O) groups is 1. The predicted molar refractivity (Wildman–Crippen MR) is 89.7 cm³/mol. The zero-order valence-corrected chi connectivity index (χ0v) is 14.1. The fourth-order valence-electron chi connectivity index (χ4n) is 3.42. The maximum atomic E-state index is 13.1. The second kappa shape index (κ2) is 7.64. The molecule has 0 unspecified atom stereocenters. The molecule has 3 rings (SSSR count).